The third-order valence-corrected chi connectivity index (χ3v) is 4.30. The first-order valence-corrected chi connectivity index (χ1v) is 7.49. The Labute approximate surface area is 118 Å². The van der Waals surface area contributed by atoms with Crippen LogP contribution in [0, 0.1) is 0 Å². The van der Waals surface area contributed by atoms with Gasteiger partial charge in [0.05, 0.1) is 5.02 Å². The number of halogens is 1. The third kappa shape index (κ3) is 5.32. The summed E-state index contributed by atoms with van der Waals surface area (Å²) in [6.45, 7) is 6.14. The summed E-state index contributed by atoms with van der Waals surface area (Å²) >= 11 is 7.66. The lowest BCUT2D eigenvalue weighted by atomic mass is 10.0. The predicted octanol–water partition coefficient (Wildman–Crippen LogP) is 4.13. The van der Waals surface area contributed by atoms with Crippen LogP contribution in [0.5, 0.6) is 0 Å². The van der Waals surface area contributed by atoms with Crippen LogP contribution in [0.3, 0.4) is 0 Å². The molecule has 0 spiro atoms. The van der Waals surface area contributed by atoms with Gasteiger partial charge in [-0.15, -0.1) is 11.8 Å². The molecule has 1 aromatic rings. The highest BCUT2D eigenvalue weighted by Gasteiger charge is 2.17. The number of carbonyl (C=O) groups is 1. The van der Waals surface area contributed by atoms with E-state index in [1.807, 2.05) is 38.1 Å². The average Bonchev–Trinajstić information content (AvgIpc) is 2.31. The first kappa shape index (κ1) is 15.4. The third-order valence-electron chi connectivity index (χ3n) is 2.79. The first-order valence-electron chi connectivity index (χ1n) is 6.13. The van der Waals surface area contributed by atoms with E-state index in [4.69, 9.17) is 11.6 Å². The molecule has 1 rings (SSSR count). The highest BCUT2D eigenvalue weighted by molar-refractivity contribution is 7.99. The van der Waals surface area contributed by atoms with Crippen molar-refractivity contribution < 1.29 is 4.79 Å². The van der Waals surface area contributed by atoms with Gasteiger partial charge in [0.2, 0.25) is 5.91 Å². The number of benzene rings is 1. The molecule has 0 saturated heterocycles. The van der Waals surface area contributed by atoms with Crippen LogP contribution in [0.2, 0.25) is 5.02 Å². The highest BCUT2D eigenvalue weighted by Crippen LogP contribution is 2.26. The van der Waals surface area contributed by atoms with Gasteiger partial charge in [-0.2, -0.15) is 0 Å². The quantitative estimate of drug-likeness (QED) is 0.797. The van der Waals surface area contributed by atoms with Gasteiger partial charge in [-0.25, -0.2) is 0 Å². The van der Waals surface area contributed by atoms with Crippen molar-refractivity contribution >= 4 is 29.3 Å². The molecular formula is C14H20ClNOS. The average molecular weight is 286 g/mol. The SMILES string of the molecule is CCC(C)(C)NC(=O)CCSc1ccccc1Cl. The van der Waals surface area contributed by atoms with Crippen LogP contribution in [0.25, 0.3) is 0 Å². The molecule has 0 aliphatic rings. The molecule has 1 N–H and O–H groups in total. The molecule has 100 valence electrons. The van der Waals surface area contributed by atoms with Crippen LogP contribution in [-0.4, -0.2) is 17.2 Å². The van der Waals surface area contributed by atoms with E-state index < -0.39 is 0 Å². The van der Waals surface area contributed by atoms with Gasteiger partial charge in [-0.3, -0.25) is 4.79 Å². The fraction of sp³-hybridized carbons (Fsp3) is 0.500. The van der Waals surface area contributed by atoms with Crippen molar-refractivity contribution in [3.63, 3.8) is 0 Å². The van der Waals surface area contributed by atoms with E-state index in [9.17, 15) is 4.79 Å². The fourth-order valence-corrected chi connectivity index (χ4v) is 2.53. The fourth-order valence-electron chi connectivity index (χ4n) is 1.34. The topological polar surface area (TPSA) is 29.1 Å². The molecular weight excluding hydrogens is 266 g/mol. The zero-order chi connectivity index (χ0) is 13.6. The van der Waals surface area contributed by atoms with Crippen molar-refractivity contribution in [1.29, 1.82) is 0 Å². The Hall–Kier alpha value is -0.670. The molecule has 1 aromatic carbocycles. The molecule has 0 radical (unpaired) electrons. The molecule has 0 atom stereocenters. The summed E-state index contributed by atoms with van der Waals surface area (Å²) in [6, 6.07) is 7.70. The molecule has 4 heteroatoms. The Bertz CT molecular complexity index is 407. The van der Waals surface area contributed by atoms with E-state index in [1.165, 1.54) is 0 Å². The molecule has 0 bridgehead atoms. The standard InChI is InChI=1S/C14H20ClNOS/c1-4-14(2,3)16-13(17)9-10-18-12-8-6-5-7-11(12)15/h5-8H,4,9-10H2,1-3H3,(H,16,17). The summed E-state index contributed by atoms with van der Waals surface area (Å²) < 4.78 is 0. The minimum Gasteiger partial charge on any atom is -0.351 e. The summed E-state index contributed by atoms with van der Waals surface area (Å²) in [5.74, 6) is 0.844. The largest absolute Gasteiger partial charge is 0.351 e. The molecule has 2 nitrogen and oxygen atoms in total. The van der Waals surface area contributed by atoms with Gasteiger partial charge in [0.15, 0.2) is 0 Å². The van der Waals surface area contributed by atoms with Crippen LogP contribution < -0.4 is 5.32 Å². The molecule has 18 heavy (non-hydrogen) atoms. The Morgan fingerprint density at radius 3 is 2.67 bits per heavy atom. The Morgan fingerprint density at radius 1 is 1.39 bits per heavy atom. The predicted molar refractivity (Wildman–Crippen MR) is 79.3 cm³/mol. The number of nitrogens with one attached hydrogen (secondary N) is 1. The first-order chi connectivity index (χ1) is 8.44. The van der Waals surface area contributed by atoms with Crippen molar-refractivity contribution in [2.24, 2.45) is 0 Å². The van der Waals surface area contributed by atoms with Crippen LogP contribution in [-0.2, 0) is 4.79 Å². The van der Waals surface area contributed by atoms with Gasteiger partial charge >= 0.3 is 0 Å². The summed E-state index contributed by atoms with van der Waals surface area (Å²) in [7, 11) is 0. The summed E-state index contributed by atoms with van der Waals surface area (Å²) in [6.07, 6.45) is 1.44. The van der Waals surface area contributed by atoms with E-state index in [0.29, 0.717) is 6.42 Å². The lowest BCUT2D eigenvalue weighted by Gasteiger charge is -2.24. The van der Waals surface area contributed by atoms with E-state index in [1.54, 1.807) is 11.8 Å². The van der Waals surface area contributed by atoms with Crippen molar-refractivity contribution in [3.8, 4) is 0 Å². The highest BCUT2D eigenvalue weighted by atomic mass is 35.5. The smallest absolute Gasteiger partial charge is 0.221 e. The molecule has 0 fully saturated rings. The Kier molecular flexibility index (Phi) is 6.03. The molecule has 0 aliphatic heterocycles. The minimum absolute atomic E-state index is 0.0985. The number of thioether (sulfide) groups is 1. The maximum Gasteiger partial charge on any atom is 0.221 e. The molecule has 0 unspecified atom stereocenters. The minimum atomic E-state index is -0.119. The molecule has 0 heterocycles. The second-order valence-corrected chi connectivity index (χ2v) is 6.36. The van der Waals surface area contributed by atoms with Crippen LogP contribution >= 0.6 is 23.4 Å². The normalized spacial score (nSPS) is 11.3. The van der Waals surface area contributed by atoms with Crippen LogP contribution in [0.15, 0.2) is 29.2 Å². The van der Waals surface area contributed by atoms with Gasteiger partial charge in [0.1, 0.15) is 0 Å². The Balaban J connectivity index is 2.34. The van der Waals surface area contributed by atoms with E-state index in [2.05, 4.69) is 12.2 Å². The van der Waals surface area contributed by atoms with Crippen molar-refractivity contribution in [1.82, 2.24) is 5.32 Å². The van der Waals surface area contributed by atoms with E-state index >= 15 is 0 Å². The van der Waals surface area contributed by atoms with E-state index in [-0.39, 0.29) is 11.4 Å². The number of carbonyl (C=O) groups excluding carboxylic acids is 1. The van der Waals surface area contributed by atoms with Gasteiger partial charge in [-0.05, 0) is 32.4 Å². The van der Waals surface area contributed by atoms with Crippen molar-refractivity contribution in [2.75, 3.05) is 5.75 Å². The number of hydrogen-bond donors (Lipinski definition) is 1. The van der Waals surface area contributed by atoms with Gasteiger partial charge in [-0.1, -0.05) is 30.7 Å². The lowest BCUT2D eigenvalue weighted by molar-refractivity contribution is -0.122. The summed E-state index contributed by atoms with van der Waals surface area (Å²) in [4.78, 5) is 12.8. The van der Waals surface area contributed by atoms with Crippen molar-refractivity contribution in [3.05, 3.63) is 29.3 Å². The zero-order valence-corrected chi connectivity index (χ0v) is 12.7. The van der Waals surface area contributed by atoms with Gasteiger partial charge in [0, 0.05) is 22.6 Å². The molecule has 0 aromatic heterocycles. The number of rotatable bonds is 6. The monoisotopic (exact) mass is 285 g/mol. The zero-order valence-electron chi connectivity index (χ0n) is 11.1. The number of amides is 1. The number of hydrogen-bond acceptors (Lipinski definition) is 2. The van der Waals surface area contributed by atoms with E-state index in [0.717, 1.165) is 22.1 Å². The molecule has 1 amide bonds. The molecule has 0 saturated carbocycles. The van der Waals surface area contributed by atoms with Crippen LogP contribution in [0.1, 0.15) is 33.6 Å². The van der Waals surface area contributed by atoms with Gasteiger partial charge < -0.3 is 5.32 Å². The second kappa shape index (κ2) is 7.05. The maximum atomic E-state index is 11.7. The maximum absolute atomic E-state index is 11.7. The Morgan fingerprint density at radius 2 is 2.06 bits per heavy atom. The summed E-state index contributed by atoms with van der Waals surface area (Å²) in [5.41, 5.74) is -0.119. The van der Waals surface area contributed by atoms with Crippen molar-refractivity contribution in [2.45, 2.75) is 44.0 Å². The lowest BCUT2D eigenvalue weighted by Crippen LogP contribution is -2.42. The molecule has 0 aliphatic carbocycles. The second-order valence-electron chi connectivity index (χ2n) is 4.81. The summed E-state index contributed by atoms with van der Waals surface area (Å²) in [5, 5.41) is 3.77. The van der Waals surface area contributed by atoms with Crippen LogP contribution in [0.4, 0.5) is 0 Å². The van der Waals surface area contributed by atoms with Gasteiger partial charge in [0.25, 0.3) is 0 Å².